The van der Waals surface area contributed by atoms with E-state index >= 15 is 0 Å². The van der Waals surface area contributed by atoms with Gasteiger partial charge in [0.2, 0.25) is 11.8 Å². The van der Waals surface area contributed by atoms with Gasteiger partial charge in [-0.05, 0) is 82.2 Å². The molecule has 12 nitrogen and oxygen atoms in total. The topological polar surface area (TPSA) is 174 Å². The number of hydrogen-bond acceptors (Lipinski definition) is 11. The minimum absolute atomic E-state index is 0.00760. The zero-order valence-electron chi connectivity index (χ0n) is 29.5. The van der Waals surface area contributed by atoms with Crippen LogP contribution in [0.15, 0.2) is 22.4 Å². The van der Waals surface area contributed by atoms with Gasteiger partial charge in [-0.3, -0.25) is 24.5 Å². The highest BCUT2D eigenvalue weighted by Crippen LogP contribution is 2.37. The summed E-state index contributed by atoms with van der Waals surface area (Å²) < 4.78 is 5.20. The lowest BCUT2D eigenvalue weighted by atomic mass is 9.78. The van der Waals surface area contributed by atoms with Crippen LogP contribution in [0.5, 0.6) is 0 Å². The number of ketones is 2. The highest BCUT2D eigenvalue weighted by molar-refractivity contribution is 7.14. The monoisotopic (exact) mass is 690 g/mol. The summed E-state index contributed by atoms with van der Waals surface area (Å²) in [7, 11) is 0. The van der Waals surface area contributed by atoms with Crippen LogP contribution in [0.25, 0.3) is 0 Å². The Hall–Kier alpha value is -3.65. The molecule has 3 amide bonds. The standard InChI is InChI=1S/C19H29N3O4S.C14H21N3O2S/c1-17(2,3)26-16(25)21-15-20-12(11-27-15)8-14(24)22-18(4,5)9-13(23)10-19(22,6)7;1-9(2)5-11(18)7-14(3,4)17-12(19)6-10-8-20-13(15)16-10/h11H,8-10H2,1-7H3,(H,20,21,25);5,8H,6-7H2,1-4H3,(H2,15,16)(H,17,19). The number of carbonyl (C=O) groups excluding carboxylic acids is 5. The summed E-state index contributed by atoms with van der Waals surface area (Å²) in [5.74, 6) is -0.0586. The van der Waals surface area contributed by atoms with Crippen LogP contribution in [-0.4, -0.2) is 66.6 Å². The number of Topliss-reactive ketones (excluding diaryl/α,β-unsaturated/α-hetero) is 1. The van der Waals surface area contributed by atoms with Gasteiger partial charge in [-0.25, -0.2) is 14.8 Å². The van der Waals surface area contributed by atoms with Crippen molar-refractivity contribution < 1.29 is 28.7 Å². The molecule has 2 aromatic heterocycles. The number of nitrogens with one attached hydrogen (secondary N) is 2. The van der Waals surface area contributed by atoms with Crippen molar-refractivity contribution in [1.82, 2.24) is 20.2 Å². The zero-order chi connectivity index (χ0) is 36.0. The molecular formula is C33H50N6O6S2. The Morgan fingerprint density at radius 1 is 0.957 bits per heavy atom. The number of likely N-dealkylation sites (tertiary alicyclic amines) is 1. The maximum atomic E-state index is 13.0. The van der Waals surface area contributed by atoms with E-state index < -0.39 is 28.3 Å². The Labute approximate surface area is 285 Å². The molecule has 0 spiro atoms. The number of carbonyl (C=O) groups is 5. The first-order chi connectivity index (χ1) is 21.4. The summed E-state index contributed by atoms with van der Waals surface area (Å²) in [5.41, 5.74) is 5.45. The van der Waals surface area contributed by atoms with Crippen LogP contribution in [0.4, 0.5) is 15.1 Å². The van der Waals surface area contributed by atoms with Crippen molar-refractivity contribution in [1.29, 1.82) is 0 Å². The van der Waals surface area contributed by atoms with Crippen molar-refractivity contribution in [3.63, 3.8) is 0 Å². The average Bonchev–Trinajstić information content (AvgIpc) is 3.42. The molecule has 0 bridgehead atoms. The molecular weight excluding hydrogens is 641 g/mol. The van der Waals surface area contributed by atoms with Gasteiger partial charge in [0.1, 0.15) is 11.4 Å². The molecule has 0 aliphatic carbocycles. The van der Waals surface area contributed by atoms with E-state index in [-0.39, 0.29) is 42.6 Å². The van der Waals surface area contributed by atoms with E-state index in [9.17, 15) is 24.0 Å². The number of aromatic nitrogens is 2. The van der Waals surface area contributed by atoms with Gasteiger partial charge in [-0.1, -0.05) is 5.57 Å². The molecule has 0 aromatic carbocycles. The molecule has 4 N–H and O–H groups in total. The van der Waals surface area contributed by atoms with Crippen LogP contribution in [-0.2, 0) is 36.8 Å². The first-order valence-corrected chi connectivity index (χ1v) is 17.1. The van der Waals surface area contributed by atoms with E-state index in [0.717, 1.165) is 5.57 Å². The Morgan fingerprint density at radius 3 is 2.02 bits per heavy atom. The maximum Gasteiger partial charge on any atom is 0.413 e. The number of hydrogen-bond donors (Lipinski definition) is 3. The first-order valence-electron chi connectivity index (χ1n) is 15.4. The lowest BCUT2D eigenvalue weighted by Gasteiger charge is -2.52. The number of nitrogens with zero attached hydrogens (tertiary/aromatic N) is 3. The first kappa shape index (κ1) is 39.5. The summed E-state index contributed by atoms with van der Waals surface area (Å²) in [6.07, 6.45) is 2.28. The molecule has 3 heterocycles. The van der Waals surface area contributed by atoms with Crippen LogP contribution < -0.4 is 16.4 Å². The molecule has 0 saturated carbocycles. The summed E-state index contributed by atoms with van der Waals surface area (Å²) in [4.78, 5) is 70.7. The molecule has 1 saturated heterocycles. The smallest absolute Gasteiger partial charge is 0.413 e. The SMILES string of the molecule is CC(C)(C)OC(=O)Nc1nc(CC(=O)N2C(C)(C)CC(=O)CC2(C)C)cs1.CC(C)=CC(=O)CC(C)(C)NC(=O)Cc1csc(N)n1. The molecule has 14 heteroatoms. The second-order valence-corrected chi connectivity index (χ2v) is 16.6. The molecule has 1 aliphatic heterocycles. The van der Waals surface area contributed by atoms with Crippen molar-refractivity contribution in [2.75, 3.05) is 11.1 Å². The minimum Gasteiger partial charge on any atom is -0.444 e. The Balaban J connectivity index is 0.000000343. The highest BCUT2D eigenvalue weighted by Gasteiger charge is 2.47. The molecule has 0 radical (unpaired) electrons. The minimum atomic E-state index is -0.594. The van der Waals surface area contributed by atoms with Gasteiger partial charge in [0, 0.05) is 46.6 Å². The van der Waals surface area contributed by atoms with E-state index in [0.29, 0.717) is 34.5 Å². The Morgan fingerprint density at radius 2 is 1.51 bits per heavy atom. The zero-order valence-corrected chi connectivity index (χ0v) is 31.1. The molecule has 2 aromatic rings. The summed E-state index contributed by atoms with van der Waals surface area (Å²) in [6, 6.07) is 0. The van der Waals surface area contributed by atoms with Gasteiger partial charge in [0.05, 0.1) is 24.2 Å². The molecule has 47 heavy (non-hydrogen) atoms. The number of nitrogens with two attached hydrogens (primary N) is 1. The average molecular weight is 691 g/mol. The molecule has 0 atom stereocenters. The van der Waals surface area contributed by atoms with Gasteiger partial charge in [0.25, 0.3) is 0 Å². The molecule has 1 aliphatic rings. The highest BCUT2D eigenvalue weighted by atomic mass is 32.1. The lowest BCUT2D eigenvalue weighted by Crippen LogP contribution is -2.63. The lowest BCUT2D eigenvalue weighted by molar-refractivity contribution is -0.153. The number of anilines is 2. The second kappa shape index (κ2) is 15.5. The van der Waals surface area contributed by atoms with E-state index in [1.807, 2.05) is 60.3 Å². The number of ether oxygens (including phenoxy) is 1. The van der Waals surface area contributed by atoms with Crippen molar-refractivity contribution in [3.8, 4) is 0 Å². The summed E-state index contributed by atoms with van der Waals surface area (Å²) in [6.45, 7) is 20.4. The fraction of sp³-hybridized carbons (Fsp3) is 0.606. The van der Waals surface area contributed by atoms with Gasteiger partial charge < -0.3 is 20.7 Å². The Kier molecular flexibility index (Phi) is 13.0. The molecule has 3 rings (SSSR count). The van der Waals surface area contributed by atoms with Crippen LogP contribution in [0.2, 0.25) is 0 Å². The largest absolute Gasteiger partial charge is 0.444 e. The molecule has 1 fully saturated rings. The van der Waals surface area contributed by atoms with Crippen LogP contribution in [0.1, 0.15) is 107 Å². The van der Waals surface area contributed by atoms with Crippen molar-refractivity contribution in [3.05, 3.63) is 33.8 Å². The maximum absolute atomic E-state index is 13.0. The van der Waals surface area contributed by atoms with Gasteiger partial charge in [-0.15, -0.1) is 22.7 Å². The summed E-state index contributed by atoms with van der Waals surface area (Å²) >= 11 is 2.55. The summed E-state index contributed by atoms with van der Waals surface area (Å²) in [5, 5.41) is 9.79. The van der Waals surface area contributed by atoms with Gasteiger partial charge in [-0.2, -0.15) is 0 Å². The number of rotatable bonds is 9. The van der Waals surface area contributed by atoms with Crippen LogP contribution in [0, 0.1) is 0 Å². The fourth-order valence-electron chi connectivity index (χ4n) is 5.59. The Bertz CT molecular complexity index is 1470. The fourth-order valence-corrected chi connectivity index (χ4v) is 6.85. The normalized spacial score (nSPS) is 15.6. The molecule has 0 unspecified atom stereocenters. The third-order valence-electron chi connectivity index (χ3n) is 6.67. The third-order valence-corrected chi connectivity index (χ3v) is 8.20. The van der Waals surface area contributed by atoms with Crippen molar-refractivity contribution in [2.45, 2.75) is 130 Å². The van der Waals surface area contributed by atoms with E-state index in [2.05, 4.69) is 20.6 Å². The predicted octanol–water partition coefficient (Wildman–Crippen LogP) is 5.87. The number of amides is 3. The second-order valence-electron chi connectivity index (χ2n) is 14.8. The number of nitrogen functional groups attached to an aromatic ring is 1. The van der Waals surface area contributed by atoms with Crippen LogP contribution >= 0.6 is 22.7 Å². The van der Waals surface area contributed by atoms with Crippen molar-refractivity contribution >= 4 is 62.4 Å². The quantitative estimate of drug-likeness (QED) is 0.272. The number of thiazole rings is 2. The van der Waals surface area contributed by atoms with Crippen LogP contribution in [0.3, 0.4) is 0 Å². The predicted molar refractivity (Wildman–Crippen MR) is 186 cm³/mol. The van der Waals surface area contributed by atoms with E-state index in [1.54, 1.807) is 37.6 Å². The number of piperidine rings is 1. The van der Waals surface area contributed by atoms with E-state index in [4.69, 9.17) is 10.5 Å². The van der Waals surface area contributed by atoms with Crippen molar-refractivity contribution in [2.24, 2.45) is 0 Å². The van der Waals surface area contributed by atoms with Gasteiger partial charge >= 0.3 is 6.09 Å². The molecule has 260 valence electrons. The number of allylic oxidation sites excluding steroid dienone is 2. The van der Waals surface area contributed by atoms with E-state index in [1.165, 1.54) is 22.7 Å². The van der Waals surface area contributed by atoms with Gasteiger partial charge in [0.15, 0.2) is 16.0 Å². The third kappa shape index (κ3) is 13.5.